The molecular formula is C11H18N2. The Morgan fingerprint density at radius 1 is 1.46 bits per heavy atom. The summed E-state index contributed by atoms with van der Waals surface area (Å²) in [6.45, 7) is 2.12. The number of pyridine rings is 1. The Morgan fingerprint density at radius 2 is 2.15 bits per heavy atom. The lowest BCUT2D eigenvalue weighted by Gasteiger charge is -1.87. The smallest absolute Gasteiger partial charge is 0.0340 e. The monoisotopic (exact) mass is 178 g/mol. The molecule has 72 valence electrons. The number of nitrogens with one attached hydrogen (secondary N) is 1. The number of hydrogen-bond donors (Lipinski definition) is 1. The first-order valence-electron chi connectivity index (χ1n) is 4.50. The highest BCUT2D eigenvalue weighted by Crippen LogP contribution is 1.98. The van der Waals surface area contributed by atoms with Crippen LogP contribution in [-0.4, -0.2) is 19.1 Å². The highest BCUT2D eigenvalue weighted by molar-refractivity contribution is 5.46. The molecule has 0 unspecified atom stereocenters. The minimum atomic E-state index is 1.08. The van der Waals surface area contributed by atoms with Gasteiger partial charge in [-0.1, -0.05) is 25.1 Å². The van der Waals surface area contributed by atoms with Crippen molar-refractivity contribution in [3.8, 4) is 0 Å². The fraction of sp³-hybridized carbons (Fsp3) is 0.364. The van der Waals surface area contributed by atoms with Gasteiger partial charge in [0.15, 0.2) is 0 Å². The van der Waals surface area contributed by atoms with E-state index >= 15 is 0 Å². The molecule has 0 aliphatic heterocycles. The second-order valence-electron chi connectivity index (χ2n) is 2.60. The highest BCUT2D eigenvalue weighted by atomic mass is 14.7. The van der Waals surface area contributed by atoms with E-state index < -0.39 is 0 Å². The van der Waals surface area contributed by atoms with E-state index in [0.29, 0.717) is 0 Å². The molecule has 0 bridgehead atoms. The molecule has 1 aromatic rings. The van der Waals surface area contributed by atoms with Gasteiger partial charge in [-0.3, -0.25) is 4.98 Å². The van der Waals surface area contributed by atoms with E-state index in [1.54, 1.807) is 6.20 Å². The number of nitrogens with zero attached hydrogens (tertiary/aromatic N) is 1. The Labute approximate surface area is 80.7 Å². The molecule has 1 rings (SSSR count). The summed E-state index contributed by atoms with van der Waals surface area (Å²) in [7, 11) is 3.75. The molecule has 0 aliphatic rings. The maximum atomic E-state index is 3.99. The zero-order valence-corrected chi connectivity index (χ0v) is 8.62. The van der Waals surface area contributed by atoms with Crippen LogP contribution in [0.5, 0.6) is 0 Å². The molecule has 2 heteroatoms. The highest BCUT2D eigenvalue weighted by Gasteiger charge is 1.80. The van der Waals surface area contributed by atoms with Gasteiger partial charge in [-0.2, -0.15) is 0 Å². The molecule has 0 fully saturated rings. The van der Waals surface area contributed by atoms with Crippen LogP contribution in [0.4, 0.5) is 0 Å². The maximum absolute atomic E-state index is 3.99. The first-order chi connectivity index (χ1) is 6.35. The second kappa shape index (κ2) is 8.94. The molecule has 1 heterocycles. The Kier molecular flexibility index (Phi) is 8.15. The van der Waals surface area contributed by atoms with Crippen LogP contribution >= 0.6 is 0 Å². The summed E-state index contributed by atoms with van der Waals surface area (Å²) in [6, 6.07) is 3.98. The van der Waals surface area contributed by atoms with Crippen molar-refractivity contribution < 1.29 is 0 Å². The number of aromatic nitrogens is 1. The van der Waals surface area contributed by atoms with Crippen LogP contribution in [-0.2, 0) is 0 Å². The molecule has 1 N–H and O–H groups in total. The summed E-state index contributed by atoms with van der Waals surface area (Å²) >= 11 is 0. The lowest BCUT2D eigenvalue weighted by molar-refractivity contribution is 1.02. The van der Waals surface area contributed by atoms with E-state index in [2.05, 4.69) is 29.4 Å². The van der Waals surface area contributed by atoms with Gasteiger partial charge in [-0.15, -0.1) is 0 Å². The molecule has 0 saturated carbocycles. The Morgan fingerprint density at radius 3 is 2.62 bits per heavy atom. The van der Waals surface area contributed by atoms with Gasteiger partial charge in [0.2, 0.25) is 0 Å². The molecule has 0 aliphatic carbocycles. The number of hydrogen-bond acceptors (Lipinski definition) is 2. The summed E-state index contributed by atoms with van der Waals surface area (Å²) in [5, 5.41) is 2.75. The van der Waals surface area contributed by atoms with Gasteiger partial charge < -0.3 is 5.32 Å². The van der Waals surface area contributed by atoms with Crippen molar-refractivity contribution in [3.05, 3.63) is 36.2 Å². The zero-order valence-electron chi connectivity index (χ0n) is 8.62. The fourth-order valence-electron chi connectivity index (χ4n) is 0.728. The standard InChI is InChI=1S/C9H11N.C2H7N/c1-2-3-5-9-6-4-7-10-8-9;1-3-2/h3-8H,2H2,1H3;3H,1-2H3/b5-3+;. The van der Waals surface area contributed by atoms with Gasteiger partial charge in [0.25, 0.3) is 0 Å². The third-order valence-corrected chi connectivity index (χ3v) is 1.23. The minimum Gasteiger partial charge on any atom is -0.323 e. The Balaban J connectivity index is 0.000000424. The molecule has 0 saturated heterocycles. The van der Waals surface area contributed by atoms with E-state index in [4.69, 9.17) is 0 Å². The van der Waals surface area contributed by atoms with Crippen LogP contribution in [0.2, 0.25) is 0 Å². The first kappa shape index (κ1) is 11.8. The topological polar surface area (TPSA) is 24.9 Å². The fourth-order valence-corrected chi connectivity index (χ4v) is 0.728. The van der Waals surface area contributed by atoms with Crippen LogP contribution in [0.15, 0.2) is 30.6 Å². The Bertz CT molecular complexity index is 217. The van der Waals surface area contributed by atoms with Crippen molar-refractivity contribution in [1.29, 1.82) is 0 Å². The summed E-state index contributed by atoms with van der Waals surface area (Å²) in [5.41, 5.74) is 1.17. The summed E-state index contributed by atoms with van der Waals surface area (Å²) in [5.74, 6) is 0. The molecule has 2 nitrogen and oxygen atoms in total. The van der Waals surface area contributed by atoms with Crippen LogP contribution in [0.1, 0.15) is 18.9 Å². The van der Waals surface area contributed by atoms with Crippen LogP contribution < -0.4 is 5.32 Å². The van der Waals surface area contributed by atoms with Crippen LogP contribution in [0, 0.1) is 0 Å². The first-order valence-corrected chi connectivity index (χ1v) is 4.50. The van der Waals surface area contributed by atoms with Crippen molar-refractivity contribution >= 4 is 6.08 Å². The average Bonchev–Trinajstić information content (AvgIpc) is 2.18. The minimum absolute atomic E-state index is 1.08. The van der Waals surface area contributed by atoms with Crippen LogP contribution in [0.25, 0.3) is 6.08 Å². The van der Waals surface area contributed by atoms with E-state index in [-0.39, 0.29) is 0 Å². The van der Waals surface area contributed by atoms with Crippen molar-refractivity contribution in [2.75, 3.05) is 14.1 Å². The van der Waals surface area contributed by atoms with E-state index in [1.165, 1.54) is 5.56 Å². The quantitative estimate of drug-likeness (QED) is 0.752. The molecule has 1 aromatic heterocycles. The van der Waals surface area contributed by atoms with Crippen molar-refractivity contribution in [2.24, 2.45) is 0 Å². The molecule has 0 amide bonds. The summed E-state index contributed by atoms with van der Waals surface area (Å²) in [6.07, 6.45) is 8.91. The van der Waals surface area contributed by atoms with Gasteiger partial charge in [0.05, 0.1) is 0 Å². The number of rotatable bonds is 2. The van der Waals surface area contributed by atoms with Crippen molar-refractivity contribution in [1.82, 2.24) is 10.3 Å². The predicted molar refractivity (Wildman–Crippen MR) is 58.5 cm³/mol. The summed E-state index contributed by atoms with van der Waals surface area (Å²) < 4.78 is 0. The Hall–Kier alpha value is -1.15. The third kappa shape index (κ3) is 7.22. The van der Waals surface area contributed by atoms with E-state index in [9.17, 15) is 0 Å². The van der Waals surface area contributed by atoms with Gasteiger partial charge in [-0.05, 0) is 32.1 Å². The van der Waals surface area contributed by atoms with Gasteiger partial charge >= 0.3 is 0 Å². The molecule has 13 heavy (non-hydrogen) atoms. The van der Waals surface area contributed by atoms with Gasteiger partial charge in [0, 0.05) is 12.4 Å². The summed E-state index contributed by atoms with van der Waals surface area (Å²) in [4.78, 5) is 3.99. The van der Waals surface area contributed by atoms with Gasteiger partial charge in [-0.25, -0.2) is 0 Å². The van der Waals surface area contributed by atoms with E-state index in [1.807, 2.05) is 32.4 Å². The molecular weight excluding hydrogens is 160 g/mol. The largest absolute Gasteiger partial charge is 0.323 e. The van der Waals surface area contributed by atoms with Crippen molar-refractivity contribution in [3.63, 3.8) is 0 Å². The molecule has 0 radical (unpaired) electrons. The molecule has 0 aromatic carbocycles. The van der Waals surface area contributed by atoms with Gasteiger partial charge in [0.1, 0.15) is 0 Å². The number of allylic oxidation sites excluding steroid dienone is 1. The van der Waals surface area contributed by atoms with Crippen molar-refractivity contribution in [2.45, 2.75) is 13.3 Å². The lowest BCUT2D eigenvalue weighted by Crippen LogP contribution is -1.89. The molecule has 0 spiro atoms. The maximum Gasteiger partial charge on any atom is 0.0340 e. The SMILES string of the molecule is CC/C=C/c1cccnc1.CNC. The molecule has 0 atom stereocenters. The average molecular weight is 178 g/mol. The normalized spacial score (nSPS) is 9.46. The lowest BCUT2D eigenvalue weighted by atomic mass is 10.2. The second-order valence-corrected chi connectivity index (χ2v) is 2.60. The zero-order chi connectivity index (χ0) is 9.94. The van der Waals surface area contributed by atoms with E-state index in [0.717, 1.165) is 6.42 Å². The predicted octanol–water partition coefficient (Wildman–Crippen LogP) is 2.34. The van der Waals surface area contributed by atoms with Crippen LogP contribution in [0.3, 0.4) is 0 Å². The third-order valence-electron chi connectivity index (χ3n) is 1.23.